The van der Waals surface area contributed by atoms with Crippen molar-refractivity contribution >= 4 is 5.82 Å². The largest absolute Gasteiger partial charge is 0.476 e. The van der Waals surface area contributed by atoms with Gasteiger partial charge in [-0.2, -0.15) is 10.5 Å². The van der Waals surface area contributed by atoms with Gasteiger partial charge in [0.2, 0.25) is 5.88 Å². The maximum atomic E-state index is 9.19. The monoisotopic (exact) mass is 319 g/mol. The van der Waals surface area contributed by atoms with Crippen molar-refractivity contribution in [3.8, 4) is 18.0 Å². The van der Waals surface area contributed by atoms with Crippen LogP contribution in [-0.2, 0) is 0 Å². The first-order valence-electron chi connectivity index (χ1n) is 7.90. The number of anilines is 1. The summed E-state index contributed by atoms with van der Waals surface area (Å²) in [5.74, 6) is 1.57. The lowest BCUT2D eigenvalue weighted by atomic mass is 9.97. The van der Waals surface area contributed by atoms with Crippen LogP contribution in [0.15, 0.2) is 36.7 Å². The van der Waals surface area contributed by atoms with E-state index in [0.717, 1.165) is 31.7 Å². The Labute approximate surface area is 141 Å². The van der Waals surface area contributed by atoms with Gasteiger partial charge in [0.05, 0.1) is 12.2 Å². The zero-order valence-electron chi connectivity index (χ0n) is 13.2. The molecule has 2 aromatic rings. The summed E-state index contributed by atoms with van der Waals surface area (Å²) in [6.45, 7) is 2.23. The van der Waals surface area contributed by atoms with Crippen LogP contribution in [0.5, 0.6) is 5.88 Å². The fraction of sp³-hybridized carbons (Fsp3) is 0.333. The van der Waals surface area contributed by atoms with Crippen LogP contribution in [0.3, 0.4) is 0 Å². The average molecular weight is 319 g/mol. The summed E-state index contributed by atoms with van der Waals surface area (Å²) in [6, 6.07) is 11.3. The van der Waals surface area contributed by atoms with Gasteiger partial charge in [-0.3, -0.25) is 0 Å². The maximum absolute atomic E-state index is 9.19. The van der Waals surface area contributed by atoms with Crippen molar-refractivity contribution in [3.63, 3.8) is 0 Å². The number of nitrogens with zero attached hydrogens (tertiary/aromatic N) is 5. The van der Waals surface area contributed by atoms with Crippen LogP contribution in [0.1, 0.15) is 24.0 Å². The second kappa shape index (κ2) is 7.43. The molecule has 1 saturated heterocycles. The fourth-order valence-electron chi connectivity index (χ4n) is 2.84. The van der Waals surface area contributed by atoms with Crippen molar-refractivity contribution in [1.29, 1.82) is 10.5 Å². The minimum absolute atomic E-state index is 0.402. The first-order chi connectivity index (χ1) is 11.8. The standard InChI is InChI=1S/C18H17N5O/c19-11-15-3-1-7-21-17(15)23-9-5-14(6-10-23)13-24-18-16(12-20)4-2-8-22-18/h1-4,7-8,14H,5-6,9-10,13H2. The Morgan fingerprint density at radius 3 is 2.42 bits per heavy atom. The van der Waals surface area contributed by atoms with E-state index in [0.29, 0.717) is 29.5 Å². The van der Waals surface area contributed by atoms with E-state index in [1.165, 1.54) is 0 Å². The van der Waals surface area contributed by atoms with E-state index in [4.69, 9.17) is 10.00 Å². The molecule has 0 bridgehead atoms. The predicted molar refractivity (Wildman–Crippen MR) is 88.3 cm³/mol. The maximum Gasteiger partial charge on any atom is 0.231 e. The molecule has 0 radical (unpaired) electrons. The van der Waals surface area contributed by atoms with Crippen LogP contribution in [0.4, 0.5) is 5.82 Å². The fourth-order valence-corrected chi connectivity index (χ4v) is 2.84. The second-order valence-corrected chi connectivity index (χ2v) is 5.70. The van der Waals surface area contributed by atoms with Crippen molar-refractivity contribution in [2.45, 2.75) is 12.8 Å². The molecule has 120 valence electrons. The van der Waals surface area contributed by atoms with Crippen LogP contribution in [0.25, 0.3) is 0 Å². The van der Waals surface area contributed by atoms with Crippen LogP contribution in [0.2, 0.25) is 0 Å². The lowest BCUT2D eigenvalue weighted by Crippen LogP contribution is -2.36. The van der Waals surface area contributed by atoms with Gasteiger partial charge in [-0.25, -0.2) is 9.97 Å². The van der Waals surface area contributed by atoms with Crippen molar-refractivity contribution < 1.29 is 4.74 Å². The highest BCUT2D eigenvalue weighted by molar-refractivity contribution is 5.53. The average Bonchev–Trinajstić information content (AvgIpc) is 2.67. The number of hydrogen-bond donors (Lipinski definition) is 0. The predicted octanol–water partition coefficient (Wildman–Crippen LogP) is 2.52. The summed E-state index contributed by atoms with van der Waals surface area (Å²) in [7, 11) is 0. The van der Waals surface area contributed by atoms with E-state index in [1.807, 2.05) is 0 Å². The number of hydrogen-bond acceptors (Lipinski definition) is 6. The lowest BCUT2D eigenvalue weighted by molar-refractivity contribution is 0.215. The van der Waals surface area contributed by atoms with Crippen molar-refractivity contribution in [3.05, 3.63) is 47.8 Å². The zero-order valence-corrected chi connectivity index (χ0v) is 13.2. The molecule has 1 aliphatic heterocycles. The molecular weight excluding hydrogens is 302 g/mol. The second-order valence-electron chi connectivity index (χ2n) is 5.70. The number of aromatic nitrogens is 2. The Kier molecular flexibility index (Phi) is 4.88. The molecule has 3 heterocycles. The third kappa shape index (κ3) is 3.44. The number of piperidine rings is 1. The first-order valence-corrected chi connectivity index (χ1v) is 7.90. The third-order valence-electron chi connectivity index (χ3n) is 4.17. The van der Waals surface area contributed by atoms with Gasteiger partial charge in [0.15, 0.2) is 0 Å². The molecule has 6 heteroatoms. The van der Waals surface area contributed by atoms with E-state index in [-0.39, 0.29) is 0 Å². The highest BCUT2D eigenvalue weighted by atomic mass is 16.5. The quantitative estimate of drug-likeness (QED) is 0.860. The Bertz CT molecular complexity index is 784. The van der Waals surface area contributed by atoms with Gasteiger partial charge in [0.1, 0.15) is 23.5 Å². The van der Waals surface area contributed by atoms with E-state index in [9.17, 15) is 5.26 Å². The van der Waals surface area contributed by atoms with E-state index in [1.54, 1.807) is 36.7 Å². The number of ether oxygens (including phenoxy) is 1. The molecule has 0 unspecified atom stereocenters. The van der Waals surface area contributed by atoms with E-state index in [2.05, 4.69) is 27.0 Å². The Morgan fingerprint density at radius 2 is 1.71 bits per heavy atom. The van der Waals surface area contributed by atoms with Gasteiger partial charge >= 0.3 is 0 Å². The minimum atomic E-state index is 0.402. The van der Waals surface area contributed by atoms with Crippen molar-refractivity contribution in [2.75, 3.05) is 24.6 Å². The molecular formula is C18H17N5O. The van der Waals surface area contributed by atoms with Gasteiger partial charge in [0.25, 0.3) is 0 Å². The highest BCUT2D eigenvalue weighted by Crippen LogP contribution is 2.25. The molecule has 2 aromatic heterocycles. The zero-order chi connectivity index (χ0) is 16.8. The minimum Gasteiger partial charge on any atom is -0.476 e. The van der Waals surface area contributed by atoms with Crippen molar-refractivity contribution in [2.24, 2.45) is 5.92 Å². The molecule has 0 amide bonds. The van der Waals surface area contributed by atoms with E-state index < -0.39 is 0 Å². The highest BCUT2D eigenvalue weighted by Gasteiger charge is 2.22. The first kappa shape index (κ1) is 15.8. The summed E-state index contributed by atoms with van der Waals surface area (Å²) >= 11 is 0. The molecule has 0 aliphatic carbocycles. The summed E-state index contributed by atoms with van der Waals surface area (Å²) < 4.78 is 5.73. The third-order valence-corrected chi connectivity index (χ3v) is 4.17. The molecule has 0 saturated carbocycles. The molecule has 1 aliphatic rings. The summed E-state index contributed by atoms with van der Waals surface area (Å²) in [5.41, 5.74) is 1.07. The summed E-state index contributed by atoms with van der Waals surface area (Å²) in [5, 5.41) is 18.2. The SMILES string of the molecule is N#Cc1cccnc1OCC1CCN(c2ncccc2C#N)CC1. The molecule has 0 atom stereocenters. The summed E-state index contributed by atoms with van der Waals surface area (Å²) in [4.78, 5) is 10.6. The Morgan fingerprint density at radius 1 is 1.04 bits per heavy atom. The van der Waals surface area contributed by atoms with E-state index >= 15 is 0 Å². The molecule has 0 N–H and O–H groups in total. The topological polar surface area (TPSA) is 85.8 Å². The van der Waals surface area contributed by atoms with Crippen LogP contribution >= 0.6 is 0 Å². The number of pyridine rings is 2. The molecule has 1 fully saturated rings. The van der Waals surface area contributed by atoms with Crippen LogP contribution < -0.4 is 9.64 Å². The molecule has 0 spiro atoms. The molecule has 6 nitrogen and oxygen atoms in total. The van der Waals surface area contributed by atoms with Gasteiger partial charge in [-0.05, 0) is 43.0 Å². The Balaban J connectivity index is 1.56. The summed E-state index contributed by atoms with van der Waals surface area (Å²) in [6.07, 6.45) is 5.26. The van der Waals surface area contributed by atoms with Gasteiger partial charge in [-0.1, -0.05) is 0 Å². The Hall–Kier alpha value is -3.12. The van der Waals surface area contributed by atoms with Gasteiger partial charge < -0.3 is 9.64 Å². The van der Waals surface area contributed by atoms with Crippen LogP contribution in [0, 0.1) is 28.6 Å². The molecule has 24 heavy (non-hydrogen) atoms. The van der Waals surface area contributed by atoms with Gasteiger partial charge in [0, 0.05) is 25.5 Å². The number of nitriles is 2. The molecule has 0 aromatic carbocycles. The number of rotatable bonds is 4. The smallest absolute Gasteiger partial charge is 0.231 e. The molecule has 3 rings (SSSR count). The van der Waals surface area contributed by atoms with Crippen molar-refractivity contribution in [1.82, 2.24) is 9.97 Å². The van der Waals surface area contributed by atoms with Gasteiger partial charge in [-0.15, -0.1) is 0 Å². The lowest BCUT2D eigenvalue weighted by Gasteiger charge is -2.33. The normalized spacial score (nSPS) is 14.7. The van der Waals surface area contributed by atoms with Crippen LogP contribution in [-0.4, -0.2) is 29.7 Å².